The van der Waals surface area contributed by atoms with Crippen LogP contribution in [-0.2, 0) is 0 Å². The van der Waals surface area contributed by atoms with Gasteiger partial charge in [0.15, 0.2) is 0 Å². The molecule has 1 aliphatic rings. The number of nitrogens with zero attached hydrogens (tertiary/aromatic N) is 1. The molecule has 0 spiro atoms. The van der Waals surface area contributed by atoms with Crippen LogP contribution in [0.1, 0.15) is 55.2 Å². The van der Waals surface area contributed by atoms with Gasteiger partial charge in [-0.1, -0.05) is 0 Å². The van der Waals surface area contributed by atoms with Crippen LogP contribution in [0, 0.1) is 11.2 Å². The summed E-state index contributed by atoms with van der Waals surface area (Å²) in [5, 5.41) is 14.6. The first-order chi connectivity index (χ1) is 15.9. The number of benzene rings is 1. The number of hydrogen-bond donors (Lipinski definition) is 3. The summed E-state index contributed by atoms with van der Waals surface area (Å²) >= 11 is 1.84. The first-order valence-electron chi connectivity index (χ1n) is 10.7. The molecule has 2 heterocycles. The number of halogens is 4. The number of aromatic nitrogens is 1. The second-order valence-corrected chi connectivity index (χ2v) is 9.84. The molecule has 3 rings (SSSR count). The molecule has 1 fully saturated rings. The van der Waals surface area contributed by atoms with Gasteiger partial charge in [0.25, 0.3) is 5.91 Å². The summed E-state index contributed by atoms with van der Waals surface area (Å²) in [6.45, 7) is 5.66. The number of hydrogen-bond acceptors (Lipinski definition) is 6. The Labute approximate surface area is 199 Å². The Morgan fingerprint density at radius 1 is 1.24 bits per heavy atom. The molecule has 34 heavy (non-hydrogen) atoms. The lowest BCUT2D eigenvalue weighted by molar-refractivity contribution is -0.274. The lowest BCUT2D eigenvalue weighted by Gasteiger charge is -2.34. The fraction of sp³-hybridized carbons (Fsp3) is 0.435. The molecular formula is C23H26F4N4O2S. The molecule has 0 unspecified atom stereocenters. The molecule has 1 saturated heterocycles. The molecule has 0 saturated carbocycles. The Bertz CT molecular complexity index is 1070. The molecule has 1 aromatic heterocycles. The number of anilines is 1. The van der Waals surface area contributed by atoms with E-state index in [-0.39, 0.29) is 28.7 Å². The van der Waals surface area contributed by atoms with Gasteiger partial charge < -0.3 is 15.4 Å². The zero-order valence-electron chi connectivity index (χ0n) is 19.0. The van der Waals surface area contributed by atoms with E-state index in [1.54, 1.807) is 0 Å². The fourth-order valence-electron chi connectivity index (χ4n) is 3.52. The molecule has 1 aliphatic heterocycles. The third kappa shape index (κ3) is 6.62. The summed E-state index contributed by atoms with van der Waals surface area (Å²) in [4.78, 5) is 17.1. The van der Waals surface area contributed by atoms with E-state index in [9.17, 15) is 22.4 Å². The highest BCUT2D eigenvalue weighted by Crippen LogP contribution is 2.29. The van der Waals surface area contributed by atoms with Crippen LogP contribution in [0.25, 0.3) is 0 Å². The summed E-state index contributed by atoms with van der Waals surface area (Å²) < 4.78 is 56.1. The van der Waals surface area contributed by atoms with Crippen LogP contribution < -0.4 is 15.4 Å². The maximum absolute atomic E-state index is 14.5. The number of amides is 1. The van der Waals surface area contributed by atoms with Gasteiger partial charge in [-0.15, -0.1) is 13.2 Å². The van der Waals surface area contributed by atoms with Gasteiger partial charge in [-0.3, -0.25) is 15.2 Å². The molecule has 0 atom stereocenters. The number of thioether (sulfide) groups is 1. The Kier molecular flexibility index (Phi) is 7.74. The number of carbonyl (C=O) groups is 1. The Hall–Kier alpha value is -2.82. The molecular weight excluding hydrogens is 472 g/mol. The van der Waals surface area contributed by atoms with Crippen LogP contribution in [0.5, 0.6) is 5.75 Å². The van der Waals surface area contributed by atoms with E-state index in [1.807, 2.05) is 32.5 Å². The van der Waals surface area contributed by atoms with Gasteiger partial charge in [0, 0.05) is 23.3 Å². The molecule has 2 aromatic rings. The van der Waals surface area contributed by atoms with Crippen LogP contribution >= 0.6 is 11.8 Å². The largest absolute Gasteiger partial charge is 0.573 e. The van der Waals surface area contributed by atoms with E-state index in [2.05, 4.69) is 20.4 Å². The molecule has 1 amide bonds. The van der Waals surface area contributed by atoms with E-state index in [1.165, 1.54) is 12.3 Å². The van der Waals surface area contributed by atoms with Crippen molar-refractivity contribution in [2.75, 3.05) is 16.8 Å². The van der Waals surface area contributed by atoms with E-state index < -0.39 is 29.2 Å². The monoisotopic (exact) mass is 498 g/mol. The Morgan fingerprint density at radius 2 is 1.91 bits per heavy atom. The van der Waals surface area contributed by atoms with Gasteiger partial charge in [0.2, 0.25) is 0 Å². The Balaban J connectivity index is 1.93. The van der Waals surface area contributed by atoms with E-state index in [0.29, 0.717) is 5.69 Å². The highest BCUT2D eigenvalue weighted by molar-refractivity contribution is 7.99. The van der Waals surface area contributed by atoms with E-state index >= 15 is 0 Å². The number of pyridine rings is 1. The molecule has 0 bridgehead atoms. The summed E-state index contributed by atoms with van der Waals surface area (Å²) in [5.74, 6) is 0.0317. The molecule has 11 heteroatoms. The van der Waals surface area contributed by atoms with Crippen LogP contribution in [-0.4, -0.2) is 46.1 Å². The number of alkyl halides is 3. The predicted molar refractivity (Wildman–Crippen MR) is 124 cm³/mol. The first-order valence-corrected chi connectivity index (χ1v) is 11.8. The van der Waals surface area contributed by atoms with Gasteiger partial charge in [0.1, 0.15) is 17.3 Å². The van der Waals surface area contributed by atoms with Crippen molar-refractivity contribution in [3.05, 3.63) is 53.1 Å². The van der Waals surface area contributed by atoms with Crippen molar-refractivity contribution >= 4 is 29.1 Å². The SMILES string of the molecule is CC(C)Nc1cc(C(=O)NC2(C)CCSCC2)cnc1C(=N)c1cc(OC(F)(F)F)ccc1F. The third-order valence-corrected chi connectivity index (χ3v) is 6.27. The fourth-order valence-corrected chi connectivity index (χ4v) is 4.92. The molecule has 6 nitrogen and oxygen atoms in total. The van der Waals surface area contributed by atoms with E-state index in [4.69, 9.17) is 5.41 Å². The van der Waals surface area contributed by atoms with Gasteiger partial charge in [0.05, 0.1) is 17.0 Å². The number of nitrogens with one attached hydrogen (secondary N) is 3. The number of rotatable bonds is 7. The van der Waals surface area contributed by atoms with Crippen molar-refractivity contribution in [1.82, 2.24) is 10.3 Å². The minimum Gasteiger partial charge on any atom is -0.406 e. The quantitative estimate of drug-likeness (QED) is 0.353. The van der Waals surface area contributed by atoms with Crippen molar-refractivity contribution in [1.29, 1.82) is 5.41 Å². The molecule has 3 N–H and O–H groups in total. The van der Waals surface area contributed by atoms with Gasteiger partial charge in [-0.05, 0) is 69.4 Å². The maximum Gasteiger partial charge on any atom is 0.573 e. The zero-order chi connectivity index (χ0) is 25.1. The second-order valence-electron chi connectivity index (χ2n) is 8.61. The van der Waals surface area contributed by atoms with Crippen LogP contribution in [0.4, 0.5) is 23.2 Å². The molecule has 0 radical (unpaired) electrons. The number of ether oxygens (including phenoxy) is 1. The molecule has 184 valence electrons. The van der Waals surface area contributed by atoms with Gasteiger partial charge >= 0.3 is 6.36 Å². The van der Waals surface area contributed by atoms with Crippen molar-refractivity contribution in [2.45, 2.75) is 51.6 Å². The average molecular weight is 499 g/mol. The van der Waals surface area contributed by atoms with Crippen LogP contribution in [0.2, 0.25) is 0 Å². The van der Waals surface area contributed by atoms with E-state index in [0.717, 1.165) is 42.5 Å². The molecule has 1 aromatic carbocycles. The summed E-state index contributed by atoms with van der Waals surface area (Å²) in [6, 6.07) is 3.82. The summed E-state index contributed by atoms with van der Waals surface area (Å²) in [5.41, 5.74) is -0.649. The summed E-state index contributed by atoms with van der Waals surface area (Å²) in [6.07, 6.45) is -2.00. The summed E-state index contributed by atoms with van der Waals surface area (Å²) in [7, 11) is 0. The maximum atomic E-state index is 14.5. The molecule has 0 aliphatic carbocycles. The average Bonchev–Trinajstić information content (AvgIpc) is 2.73. The Morgan fingerprint density at radius 3 is 2.53 bits per heavy atom. The third-order valence-electron chi connectivity index (χ3n) is 5.28. The predicted octanol–water partition coefficient (Wildman–Crippen LogP) is 5.37. The minimum absolute atomic E-state index is 0.00594. The van der Waals surface area contributed by atoms with Crippen molar-refractivity contribution in [3.8, 4) is 5.75 Å². The van der Waals surface area contributed by atoms with Crippen LogP contribution in [0.15, 0.2) is 30.5 Å². The van der Waals surface area contributed by atoms with Gasteiger partial charge in [-0.25, -0.2) is 4.39 Å². The topological polar surface area (TPSA) is 87.1 Å². The van der Waals surface area contributed by atoms with Crippen molar-refractivity contribution < 1.29 is 27.1 Å². The van der Waals surface area contributed by atoms with Crippen molar-refractivity contribution in [3.63, 3.8) is 0 Å². The second kappa shape index (κ2) is 10.2. The lowest BCUT2D eigenvalue weighted by Crippen LogP contribution is -2.48. The lowest BCUT2D eigenvalue weighted by atomic mass is 9.94. The zero-order valence-corrected chi connectivity index (χ0v) is 19.8. The first kappa shape index (κ1) is 25.8. The smallest absolute Gasteiger partial charge is 0.406 e. The number of carbonyl (C=O) groups excluding carboxylic acids is 1. The normalized spacial score (nSPS) is 15.6. The minimum atomic E-state index is -4.96. The highest BCUT2D eigenvalue weighted by Gasteiger charge is 2.32. The van der Waals surface area contributed by atoms with Crippen molar-refractivity contribution in [2.24, 2.45) is 0 Å². The van der Waals surface area contributed by atoms with Crippen LogP contribution in [0.3, 0.4) is 0 Å². The highest BCUT2D eigenvalue weighted by atomic mass is 32.2. The van der Waals surface area contributed by atoms with Gasteiger partial charge in [-0.2, -0.15) is 11.8 Å². The standard InChI is InChI=1S/C23H26F4N4O2S/c1-13(2)30-18-10-14(21(32)31-22(3)6-8-34-9-7-22)12-29-20(18)19(28)16-11-15(4-5-17(16)24)33-23(25,26)27/h4-5,10-13,28,30H,6-9H2,1-3H3,(H,31,32).